The summed E-state index contributed by atoms with van der Waals surface area (Å²) in [5.74, 6) is 0.894. The van der Waals surface area contributed by atoms with Gasteiger partial charge in [-0.25, -0.2) is 8.42 Å². The Morgan fingerprint density at radius 2 is 1.90 bits per heavy atom. The number of aryl methyl sites for hydroxylation is 1. The maximum atomic E-state index is 13.2. The number of nitrogens with zero attached hydrogens (tertiary/aromatic N) is 1. The molecule has 0 bridgehead atoms. The van der Waals surface area contributed by atoms with Crippen LogP contribution in [0.25, 0.3) is 0 Å². The highest BCUT2D eigenvalue weighted by Gasteiger charge is 2.37. The Kier molecular flexibility index (Phi) is 5.37. The van der Waals surface area contributed by atoms with Gasteiger partial charge in [-0.05, 0) is 44.5 Å². The molecule has 4 rings (SSSR count). The normalized spacial score (nSPS) is 22.3. The van der Waals surface area contributed by atoms with E-state index >= 15 is 0 Å². The molecular formula is C23H28N2O5S. The second-order valence-electron chi connectivity index (χ2n) is 8.87. The fourth-order valence-corrected chi connectivity index (χ4v) is 5.16. The minimum Gasteiger partial charge on any atom is -0.487 e. The van der Waals surface area contributed by atoms with Gasteiger partial charge in [-0.3, -0.25) is 9.10 Å². The summed E-state index contributed by atoms with van der Waals surface area (Å²) >= 11 is 0. The van der Waals surface area contributed by atoms with Gasteiger partial charge in [-0.15, -0.1) is 0 Å². The zero-order valence-electron chi connectivity index (χ0n) is 18.2. The van der Waals surface area contributed by atoms with Gasteiger partial charge in [0.1, 0.15) is 17.1 Å². The highest BCUT2D eigenvalue weighted by atomic mass is 32.2. The number of benzene rings is 2. The quantitative estimate of drug-likeness (QED) is 0.785. The molecule has 2 atom stereocenters. The lowest BCUT2D eigenvalue weighted by molar-refractivity contribution is -0.129. The standard InChI is InChI=1S/C23H28N2O5S/c1-15-9-10-16-17(14-23(2,3)30-21(16)13-15)24-22(26)20-11-12-25(31(4,27)28)18-7-5-6-8-19(18)29-20/h5-10,13,17,20H,11-12,14H2,1-4H3,(H,24,26)/t17-,20-/m0/s1. The van der Waals surface area contributed by atoms with Crippen LogP contribution in [-0.4, -0.2) is 38.8 Å². The molecule has 2 aromatic rings. The van der Waals surface area contributed by atoms with Crippen LogP contribution in [0.5, 0.6) is 11.5 Å². The molecule has 0 saturated heterocycles. The van der Waals surface area contributed by atoms with E-state index < -0.39 is 21.7 Å². The van der Waals surface area contributed by atoms with E-state index in [2.05, 4.69) is 5.32 Å². The van der Waals surface area contributed by atoms with Crippen molar-refractivity contribution < 1.29 is 22.7 Å². The molecule has 2 aliphatic rings. The molecule has 0 saturated carbocycles. The minimum atomic E-state index is -3.49. The van der Waals surface area contributed by atoms with E-state index in [0.29, 0.717) is 17.9 Å². The van der Waals surface area contributed by atoms with Crippen molar-refractivity contribution in [2.24, 2.45) is 0 Å². The van der Waals surface area contributed by atoms with Gasteiger partial charge in [0, 0.05) is 24.9 Å². The number of ether oxygens (including phenoxy) is 2. The van der Waals surface area contributed by atoms with E-state index in [1.165, 1.54) is 4.31 Å². The van der Waals surface area contributed by atoms with Crippen LogP contribution in [0.2, 0.25) is 0 Å². The molecule has 166 valence electrons. The molecule has 0 spiro atoms. The van der Waals surface area contributed by atoms with Crippen LogP contribution >= 0.6 is 0 Å². The van der Waals surface area contributed by atoms with E-state index in [9.17, 15) is 13.2 Å². The number of hydrogen-bond acceptors (Lipinski definition) is 5. The Balaban J connectivity index is 1.59. The summed E-state index contributed by atoms with van der Waals surface area (Å²) in [5, 5.41) is 3.12. The van der Waals surface area contributed by atoms with Crippen LogP contribution in [0, 0.1) is 6.92 Å². The van der Waals surface area contributed by atoms with Crippen LogP contribution in [0.3, 0.4) is 0 Å². The SMILES string of the molecule is Cc1ccc2c(c1)OC(C)(C)C[C@@H]2NC(=O)[C@@H]1CCN(S(C)(=O)=O)c2ccccc2O1. The minimum absolute atomic E-state index is 0.170. The molecular weight excluding hydrogens is 416 g/mol. The molecule has 0 aliphatic carbocycles. The fraction of sp³-hybridized carbons (Fsp3) is 0.435. The molecule has 0 aromatic heterocycles. The van der Waals surface area contributed by atoms with Crippen molar-refractivity contribution in [3.63, 3.8) is 0 Å². The average Bonchev–Trinajstić information content (AvgIpc) is 2.86. The molecule has 0 fully saturated rings. The van der Waals surface area contributed by atoms with Crippen molar-refractivity contribution in [2.75, 3.05) is 17.1 Å². The highest BCUT2D eigenvalue weighted by Crippen LogP contribution is 2.40. The number of hydrogen-bond donors (Lipinski definition) is 1. The van der Waals surface area contributed by atoms with E-state index in [1.807, 2.05) is 39.0 Å². The van der Waals surface area contributed by atoms with Crippen molar-refractivity contribution >= 4 is 21.6 Å². The number of sulfonamides is 1. The van der Waals surface area contributed by atoms with Crippen LogP contribution < -0.4 is 19.1 Å². The smallest absolute Gasteiger partial charge is 0.261 e. The Hall–Kier alpha value is -2.74. The van der Waals surface area contributed by atoms with E-state index in [0.717, 1.165) is 23.1 Å². The van der Waals surface area contributed by atoms with Gasteiger partial charge in [0.2, 0.25) is 10.0 Å². The second-order valence-corrected chi connectivity index (χ2v) is 10.8. The van der Waals surface area contributed by atoms with E-state index in [1.54, 1.807) is 24.3 Å². The third kappa shape index (κ3) is 4.49. The number of amides is 1. The van der Waals surface area contributed by atoms with Gasteiger partial charge in [-0.1, -0.05) is 24.3 Å². The van der Waals surface area contributed by atoms with Crippen LogP contribution in [-0.2, 0) is 14.8 Å². The largest absolute Gasteiger partial charge is 0.487 e. The van der Waals surface area contributed by atoms with Crippen molar-refractivity contribution in [1.82, 2.24) is 5.32 Å². The predicted octanol–water partition coefficient (Wildman–Crippen LogP) is 3.33. The first-order valence-electron chi connectivity index (χ1n) is 10.4. The van der Waals surface area contributed by atoms with Gasteiger partial charge in [0.25, 0.3) is 5.91 Å². The molecule has 2 heterocycles. The van der Waals surface area contributed by atoms with E-state index in [-0.39, 0.29) is 24.9 Å². The molecule has 1 N–H and O–H groups in total. The lowest BCUT2D eigenvalue weighted by atomic mass is 9.89. The first-order chi connectivity index (χ1) is 14.5. The third-order valence-electron chi connectivity index (χ3n) is 5.63. The van der Waals surface area contributed by atoms with Crippen LogP contribution in [0.15, 0.2) is 42.5 Å². The highest BCUT2D eigenvalue weighted by molar-refractivity contribution is 7.92. The van der Waals surface area contributed by atoms with Crippen molar-refractivity contribution in [1.29, 1.82) is 0 Å². The Bertz CT molecular complexity index is 1110. The number of fused-ring (bicyclic) bond motifs is 2. The number of carbonyl (C=O) groups is 1. The number of nitrogens with one attached hydrogen (secondary N) is 1. The number of carbonyl (C=O) groups excluding carboxylic acids is 1. The Labute approximate surface area is 183 Å². The topological polar surface area (TPSA) is 84.9 Å². The molecule has 7 nitrogen and oxygen atoms in total. The first kappa shape index (κ1) is 21.5. The lowest BCUT2D eigenvalue weighted by Gasteiger charge is -2.38. The number of rotatable bonds is 3. The maximum absolute atomic E-state index is 13.2. The van der Waals surface area contributed by atoms with Gasteiger partial charge < -0.3 is 14.8 Å². The van der Waals surface area contributed by atoms with Crippen LogP contribution in [0.4, 0.5) is 5.69 Å². The zero-order valence-corrected chi connectivity index (χ0v) is 19.0. The summed E-state index contributed by atoms with van der Waals surface area (Å²) in [5.41, 5.74) is 2.05. The average molecular weight is 445 g/mol. The number of anilines is 1. The molecule has 2 aromatic carbocycles. The number of para-hydroxylation sites is 2. The fourth-order valence-electron chi connectivity index (χ4n) is 4.21. The van der Waals surface area contributed by atoms with Crippen LogP contribution in [0.1, 0.15) is 43.9 Å². The summed E-state index contributed by atoms with van der Waals surface area (Å²) in [4.78, 5) is 13.2. The molecule has 8 heteroatoms. The summed E-state index contributed by atoms with van der Waals surface area (Å²) in [6.07, 6.45) is 1.23. The Morgan fingerprint density at radius 1 is 1.16 bits per heavy atom. The summed E-state index contributed by atoms with van der Waals surface area (Å²) in [6, 6.07) is 12.6. The van der Waals surface area contributed by atoms with E-state index in [4.69, 9.17) is 9.47 Å². The third-order valence-corrected chi connectivity index (χ3v) is 6.81. The predicted molar refractivity (Wildman–Crippen MR) is 119 cm³/mol. The van der Waals surface area contributed by atoms with Crippen molar-refractivity contribution in [2.45, 2.75) is 51.4 Å². The monoisotopic (exact) mass is 444 g/mol. The molecule has 0 unspecified atom stereocenters. The van der Waals surface area contributed by atoms with Crippen molar-refractivity contribution in [3.05, 3.63) is 53.6 Å². The molecule has 1 amide bonds. The van der Waals surface area contributed by atoms with Gasteiger partial charge in [0.05, 0.1) is 18.0 Å². The van der Waals surface area contributed by atoms with Gasteiger partial charge >= 0.3 is 0 Å². The molecule has 31 heavy (non-hydrogen) atoms. The Morgan fingerprint density at radius 3 is 2.65 bits per heavy atom. The lowest BCUT2D eigenvalue weighted by Crippen LogP contribution is -2.46. The maximum Gasteiger partial charge on any atom is 0.261 e. The molecule has 0 radical (unpaired) electrons. The zero-order chi connectivity index (χ0) is 22.4. The summed E-state index contributed by atoms with van der Waals surface area (Å²) < 4.78 is 38.0. The second kappa shape index (κ2) is 7.75. The molecule has 2 aliphatic heterocycles. The van der Waals surface area contributed by atoms with Crippen molar-refractivity contribution in [3.8, 4) is 11.5 Å². The van der Waals surface area contributed by atoms with Gasteiger partial charge in [0.15, 0.2) is 6.10 Å². The first-order valence-corrected chi connectivity index (χ1v) is 12.2. The van der Waals surface area contributed by atoms with Gasteiger partial charge in [-0.2, -0.15) is 0 Å². The summed E-state index contributed by atoms with van der Waals surface area (Å²) in [6.45, 7) is 6.17. The summed E-state index contributed by atoms with van der Waals surface area (Å²) in [7, 11) is -3.49.